The van der Waals surface area contributed by atoms with E-state index in [1.165, 1.54) is 4.90 Å². The van der Waals surface area contributed by atoms with Crippen molar-refractivity contribution in [2.24, 2.45) is 5.92 Å². The van der Waals surface area contributed by atoms with Gasteiger partial charge in [0, 0.05) is 42.8 Å². The molecule has 36 heavy (non-hydrogen) atoms. The van der Waals surface area contributed by atoms with Crippen LogP contribution in [0.15, 0.2) is 18.2 Å². The number of nitrogens with zero attached hydrogens (tertiary/aromatic N) is 2. The molecule has 4 amide bonds. The minimum Gasteiger partial charge on any atom is -0.488 e. The second kappa shape index (κ2) is 12.3. The maximum absolute atomic E-state index is 13.3. The maximum Gasteiger partial charge on any atom is 0.410 e. The van der Waals surface area contributed by atoms with Crippen molar-refractivity contribution < 1.29 is 23.9 Å². The molecule has 0 aromatic heterocycles. The molecule has 0 bridgehead atoms. The number of fused-ring (bicyclic) bond motifs is 1. The summed E-state index contributed by atoms with van der Waals surface area (Å²) in [4.78, 5) is 41.6. The predicted octanol–water partition coefficient (Wildman–Crippen LogP) is 4.65. The zero-order chi connectivity index (χ0) is 27.2. The van der Waals surface area contributed by atoms with E-state index in [1.807, 2.05) is 60.3 Å². The van der Waals surface area contributed by atoms with Gasteiger partial charge in [0.25, 0.3) is 0 Å². The largest absolute Gasteiger partial charge is 0.488 e. The lowest BCUT2D eigenvalue weighted by molar-refractivity contribution is -0.133. The van der Waals surface area contributed by atoms with Gasteiger partial charge in [-0.2, -0.15) is 0 Å². The normalized spacial score (nSPS) is 19.3. The number of carbonyl (C=O) groups excluding carboxylic acids is 3. The summed E-state index contributed by atoms with van der Waals surface area (Å²) in [6.45, 7) is 16.2. The van der Waals surface area contributed by atoms with Gasteiger partial charge >= 0.3 is 12.1 Å². The molecule has 2 N–H and O–H groups in total. The Morgan fingerprint density at radius 3 is 2.50 bits per heavy atom. The highest BCUT2D eigenvalue weighted by Crippen LogP contribution is 2.29. The van der Waals surface area contributed by atoms with Crippen molar-refractivity contribution in [1.29, 1.82) is 0 Å². The highest BCUT2D eigenvalue weighted by atomic mass is 16.6. The standard InChI is InChI=1S/C27H44N4O5/c1-10-19(5)28-25(33)29-21-11-12-22-20(13-21)14-24(32)31(17(2)3)15-18(4)23(35-22)16-30(9)26(34)36-27(6,7)8/h11-13,17-19,23H,10,14-16H2,1-9H3,(H2,28,29,33). The van der Waals surface area contributed by atoms with E-state index in [0.717, 1.165) is 6.42 Å². The molecule has 0 saturated carbocycles. The van der Waals surface area contributed by atoms with Gasteiger partial charge in [-0.05, 0) is 66.2 Å². The second-order valence-electron chi connectivity index (χ2n) is 11.0. The van der Waals surface area contributed by atoms with Crippen molar-refractivity contribution in [3.8, 4) is 5.75 Å². The van der Waals surface area contributed by atoms with Crippen LogP contribution in [0, 0.1) is 5.92 Å². The van der Waals surface area contributed by atoms with E-state index in [0.29, 0.717) is 30.1 Å². The van der Waals surface area contributed by atoms with E-state index in [2.05, 4.69) is 10.6 Å². The first-order valence-corrected chi connectivity index (χ1v) is 12.8. The first-order chi connectivity index (χ1) is 16.7. The first kappa shape index (κ1) is 29.3. The lowest BCUT2D eigenvalue weighted by Gasteiger charge is -2.34. The van der Waals surface area contributed by atoms with Gasteiger partial charge in [0.05, 0.1) is 13.0 Å². The van der Waals surface area contributed by atoms with Crippen LogP contribution in [0.5, 0.6) is 5.75 Å². The Bertz CT molecular complexity index is 927. The van der Waals surface area contributed by atoms with E-state index >= 15 is 0 Å². The summed E-state index contributed by atoms with van der Waals surface area (Å²) in [6, 6.07) is 5.08. The highest BCUT2D eigenvalue weighted by molar-refractivity contribution is 5.90. The molecule has 9 heteroatoms. The zero-order valence-electron chi connectivity index (χ0n) is 23.3. The Balaban J connectivity index is 2.34. The van der Waals surface area contributed by atoms with Crippen LogP contribution in [-0.4, -0.2) is 71.8 Å². The van der Waals surface area contributed by atoms with Gasteiger partial charge in [-0.15, -0.1) is 0 Å². The molecule has 1 aromatic carbocycles. The van der Waals surface area contributed by atoms with Crippen LogP contribution in [0.3, 0.4) is 0 Å². The molecule has 9 nitrogen and oxygen atoms in total. The smallest absolute Gasteiger partial charge is 0.410 e. The Hall–Kier alpha value is -2.97. The molecule has 0 fully saturated rings. The van der Waals surface area contributed by atoms with Gasteiger partial charge in [-0.1, -0.05) is 13.8 Å². The summed E-state index contributed by atoms with van der Waals surface area (Å²) >= 11 is 0. The highest BCUT2D eigenvalue weighted by Gasteiger charge is 2.32. The Kier molecular flexibility index (Phi) is 10.0. The third kappa shape index (κ3) is 8.60. The van der Waals surface area contributed by atoms with Crippen LogP contribution in [0.2, 0.25) is 0 Å². The lowest BCUT2D eigenvalue weighted by Crippen LogP contribution is -2.47. The number of amides is 4. The van der Waals surface area contributed by atoms with Crippen molar-refractivity contribution in [3.63, 3.8) is 0 Å². The molecule has 1 aromatic rings. The predicted molar refractivity (Wildman–Crippen MR) is 141 cm³/mol. The summed E-state index contributed by atoms with van der Waals surface area (Å²) in [5.41, 5.74) is 0.664. The summed E-state index contributed by atoms with van der Waals surface area (Å²) < 4.78 is 12.0. The van der Waals surface area contributed by atoms with Crippen molar-refractivity contribution >= 4 is 23.7 Å². The van der Waals surface area contributed by atoms with Crippen molar-refractivity contribution in [2.75, 3.05) is 25.5 Å². The molecule has 3 atom stereocenters. The quantitative estimate of drug-likeness (QED) is 0.587. The van der Waals surface area contributed by atoms with Gasteiger partial charge < -0.3 is 29.9 Å². The second-order valence-corrected chi connectivity index (χ2v) is 11.0. The summed E-state index contributed by atoms with van der Waals surface area (Å²) in [5.74, 6) is 0.506. The van der Waals surface area contributed by atoms with Gasteiger partial charge in [0.1, 0.15) is 17.5 Å². The molecule has 0 aliphatic carbocycles. The molecule has 0 saturated heterocycles. The molecule has 202 valence electrons. The third-order valence-corrected chi connectivity index (χ3v) is 6.15. The third-order valence-electron chi connectivity index (χ3n) is 6.15. The topological polar surface area (TPSA) is 100 Å². The SMILES string of the molecule is CCC(C)NC(=O)Nc1ccc2c(c1)CC(=O)N(C(C)C)CC(C)C(CN(C)C(=O)OC(C)(C)C)O2. The fourth-order valence-electron chi connectivity index (χ4n) is 3.88. The van der Waals surface area contributed by atoms with Crippen molar-refractivity contribution in [1.82, 2.24) is 15.1 Å². The van der Waals surface area contributed by atoms with Crippen LogP contribution in [-0.2, 0) is 16.0 Å². The fourth-order valence-corrected chi connectivity index (χ4v) is 3.88. The average molecular weight is 505 g/mol. The van der Waals surface area contributed by atoms with Crippen LogP contribution < -0.4 is 15.4 Å². The number of nitrogens with one attached hydrogen (secondary N) is 2. The molecule has 0 radical (unpaired) electrons. The minimum atomic E-state index is -0.603. The van der Waals surface area contributed by atoms with Crippen molar-refractivity contribution in [2.45, 2.75) is 92.0 Å². The van der Waals surface area contributed by atoms with Crippen LogP contribution in [0.25, 0.3) is 0 Å². The van der Waals surface area contributed by atoms with E-state index in [-0.39, 0.29) is 42.5 Å². The van der Waals surface area contributed by atoms with Gasteiger partial charge in [-0.3, -0.25) is 4.79 Å². The average Bonchev–Trinajstić information content (AvgIpc) is 2.80. The Morgan fingerprint density at radius 1 is 1.25 bits per heavy atom. The first-order valence-electron chi connectivity index (χ1n) is 12.8. The minimum absolute atomic E-state index is 0.00773. The summed E-state index contributed by atoms with van der Waals surface area (Å²) in [5, 5.41) is 5.72. The molecule has 0 spiro atoms. The van der Waals surface area contributed by atoms with E-state index in [1.54, 1.807) is 25.2 Å². The van der Waals surface area contributed by atoms with Crippen LogP contribution in [0.4, 0.5) is 15.3 Å². The molecular weight excluding hydrogens is 460 g/mol. The molecular formula is C27H44N4O5. The lowest BCUT2D eigenvalue weighted by atomic mass is 10.0. The molecule has 3 unspecified atom stereocenters. The van der Waals surface area contributed by atoms with Crippen LogP contribution >= 0.6 is 0 Å². The van der Waals surface area contributed by atoms with Gasteiger partial charge in [0.2, 0.25) is 5.91 Å². The summed E-state index contributed by atoms with van der Waals surface area (Å²) in [6.07, 6.45) is 0.169. The number of benzene rings is 1. The van der Waals surface area contributed by atoms with E-state index in [9.17, 15) is 14.4 Å². The number of rotatable bonds is 6. The summed E-state index contributed by atoms with van der Waals surface area (Å²) in [7, 11) is 1.69. The monoisotopic (exact) mass is 504 g/mol. The molecule has 1 heterocycles. The molecule has 1 aliphatic heterocycles. The number of carbonyl (C=O) groups is 3. The van der Waals surface area contributed by atoms with Crippen molar-refractivity contribution in [3.05, 3.63) is 23.8 Å². The maximum atomic E-state index is 13.3. The molecule has 1 aliphatic rings. The van der Waals surface area contributed by atoms with E-state index < -0.39 is 11.7 Å². The number of hydrogen-bond donors (Lipinski definition) is 2. The number of ether oxygens (including phenoxy) is 2. The Morgan fingerprint density at radius 2 is 1.92 bits per heavy atom. The van der Waals surface area contributed by atoms with Crippen LogP contribution in [0.1, 0.15) is 67.4 Å². The number of anilines is 1. The zero-order valence-corrected chi connectivity index (χ0v) is 23.3. The number of hydrogen-bond acceptors (Lipinski definition) is 5. The number of likely N-dealkylation sites (N-methyl/N-ethyl adjacent to an activating group) is 1. The van der Waals surface area contributed by atoms with Gasteiger partial charge in [0.15, 0.2) is 0 Å². The molecule has 2 rings (SSSR count). The van der Waals surface area contributed by atoms with E-state index in [4.69, 9.17) is 9.47 Å². The van der Waals surface area contributed by atoms with Gasteiger partial charge in [-0.25, -0.2) is 9.59 Å². The number of urea groups is 1. The Labute approximate surface area is 215 Å². The fraction of sp³-hybridized carbons (Fsp3) is 0.667.